The summed E-state index contributed by atoms with van der Waals surface area (Å²) in [4.78, 5) is 0. The Balaban J connectivity index is 2.16. The summed E-state index contributed by atoms with van der Waals surface area (Å²) in [6.45, 7) is 0. The predicted octanol–water partition coefficient (Wildman–Crippen LogP) is 2.80. The smallest absolute Gasteiger partial charge is 0.248 e. The lowest BCUT2D eigenvalue weighted by atomic mass is 9.77. The Morgan fingerprint density at radius 2 is 1.72 bits per heavy atom. The zero-order valence-corrected chi connectivity index (χ0v) is 9.74. The fraction of sp³-hybridized carbons (Fsp3) is 0.538. The molecule has 2 nitrogen and oxygen atoms in total. The van der Waals surface area contributed by atoms with Gasteiger partial charge in [-0.3, -0.25) is 0 Å². The number of rotatable bonds is 2. The minimum atomic E-state index is -2.78. The minimum absolute atomic E-state index is 0.197. The summed E-state index contributed by atoms with van der Waals surface area (Å²) in [5.41, 5.74) is -1.39. The minimum Gasteiger partial charge on any atom is -0.387 e. The van der Waals surface area contributed by atoms with Crippen LogP contribution in [0, 0.1) is 5.82 Å². The highest BCUT2D eigenvalue weighted by molar-refractivity contribution is 5.22. The molecule has 0 spiro atoms. The van der Waals surface area contributed by atoms with E-state index in [1.807, 2.05) is 0 Å². The van der Waals surface area contributed by atoms with Gasteiger partial charge in [-0.05, 0) is 30.5 Å². The number of hydrogen-bond acceptors (Lipinski definition) is 2. The summed E-state index contributed by atoms with van der Waals surface area (Å²) in [7, 11) is 0. The second kappa shape index (κ2) is 4.55. The first kappa shape index (κ1) is 13.4. The summed E-state index contributed by atoms with van der Waals surface area (Å²) in [5.74, 6) is -3.32. The van der Waals surface area contributed by atoms with E-state index in [4.69, 9.17) is 0 Å². The van der Waals surface area contributed by atoms with Crippen LogP contribution in [0.15, 0.2) is 24.3 Å². The summed E-state index contributed by atoms with van der Waals surface area (Å²) >= 11 is 0. The standard InChI is InChI=1S/C13H15F3O2/c14-10-3-1-2-9(8-10)11(17)12(18)4-6-13(15,16)7-5-12/h1-3,8,11,17-18H,4-7H2. The van der Waals surface area contributed by atoms with Crippen LogP contribution in [-0.4, -0.2) is 21.7 Å². The lowest BCUT2D eigenvalue weighted by Gasteiger charge is -2.39. The van der Waals surface area contributed by atoms with Crippen molar-refractivity contribution in [1.29, 1.82) is 0 Å². The van der Waals surface area contributed by atoms with Crippen molar-refractivity contribution >= 4 is 0 Å². The van der Waals surface area contributed by atoms with E-state index in [0.717, 1.165) is 6.07 Å². The summed E-state index contributed by atoms with van der Waals surface area (Å²) in [5, 5.41) is 20.2. The van der Waals surface area contributed by atoms with E-state index in [0.29, 0.717) is 0 Å². The maximum absolute atomic E-state index is 13.0. The third-order valence-corrected chi connectivity index (χ3v) is 3.52. The van der Waals surface area contributed by atoms with Crippen LogP contribution < -0.4 is 0 Å². The first-order valence-electron chi connectivity index (χ1n) is 5.86. The molecule has 2 N–H and O–H groups in total. The van der Waals surface area contributed by atoms with Gasteiger partial charge in [0.25, 0.3) is 0 Å². The average molecular weight is 260 g/mol. The number of benzene rings is 1. The zero-order chi connectivity index (χ0) is 13.4. The molecular formula is C13H15F3O2. The monoisotopic (exact) mass is 260 g/mol. The van der Waals surface area contributed by atoms with Gasteiger partial charge in [0.2, 0.25) is 5.92 Å². The van der Waals surface area contributed by atoms with Crippen LogP contribution in [0.1, 0.15) is 37.4 Å². The molecule has 1 unspecified atom stereocenters. The van der Waals surface area contributed by atoms with Gasteiger partial charge < -0.3 is 10.2 Å². The Kier molecular flexibility index (Phi) is 3.38. The summed E-state index contributed by atoms with van der Waals surface area (Å²) in [6, 6.07) is 5.21. The van der Waals surface area contributed by atoms with E-state index in [-0.39, 0.29) is 18.4 Å². The van der Waals surface area contributed by atoms with Gasteiger partial charge >= 0.3 is 0 Å². The van der Waals surface area contributed by atoms with Crippen LogP contribution in [-0.2, 0) is 0 Å². The molecule has 0 saturated heterocycles. The zero-order valence-electron chi connectivity index (χ0n) is 9.74. The quantitative estimate of drug-likeness (QED) is 0.858. The molecule has 18 heavy (non-hydrogen) atoms. The highest BCUT2D eigenvalue weighted by atomic mass is 19.3. The molecule has 1 atom stereocenters. The van der Waals surface area contributed by atoms with Crippen LogP contribution >= 0.6 is 0 Å². The molecule has 0 aromatic heterocycles. The Morgan fingerprint density at radius 1 is 1.11 bits per heavy atom. The van der Waals surface area contributed by atoms with Crippen LogP contribution in [0.2, 0.25) is 0 Å². The highest BCUT2D eigenvalue weighted by Crippen LogP contribution is 2.44. The van der Waals surface area contributed by atoms with Crippen LogP contribution in [0.4, 0.5) is 13.2 Å². The van der Waals surface area contributed by atoms with Crippen molar-refractivity contribution in [3.8, 4) is 0 Å². The number of alkyl halides is 2. The second-order valence-corrected chi connectivity index (χ2v) is 4.92. The van der Waals surface area contributed by atoms with Gasteiger partial charge in [0.1, 0.15) is 11.9 Å². The van der Waals surface area contributed by atoms with Gasteiger partial charge in [0, 0.05) is 12.8 Å². The Morgan fingerprint density at radius 3 is 2.28 bits per heavy atom. The fourth-order valence-corrected chi connectivity index (χ4v) is 2.31. The lowest BCUT2D eigenvalue weighted by molar-refractivity contribution is -0.150. The first-order chi connectivity index (χ1) is 8.32. The van der Waals surface area contributed by atoms with Gasteiger partial charge in [-0.1, -0.05) is 12.1 Å². The Bertz CT molecular complexity index is 424. The van der Waals surface area contributed by atoms with Crippen molar-refractivity contribution in [3.63, 3.8) is 0 Å². The highest BCUT2D eigenvalue weighted by Gasteiger charge is 2.46. The predicted molar refractivity (Wildman–Crippen MR) is 59.7 cm³/mol. The molecule has 5 heteroatoms. The van der Waals surface area contributed by atoms with E-state index in [1.54, 1.807) is 0 Å². The van der Waals surface area contributed by atoms with Gasteiger partial charge in [0.05, 0.1) is 5.60 Å². The maximum Gasteiger partial charge on any atom is 0.248 e. The fourth-order valence-electron chi connectivity index (χ4n) is 2.31. The average Bonchev–Trinajstić information content (AvgIpc) is 2.32. The maximum atomic E-state index is 13.0. The van der Waals surface area contributed by atoms with Gasteiger partial charge in [-0.2, -0.15) is 0 Å². The molecule has 0 radical (unpaired) electrons. The van der Waals surface area contributed by atoms with Crippen molar-refractivity contribution in [2.75, 3.05) is 0 Å². The SMILES string of the molecule is OC(c1cccc(F)c1)C1(O)CCC(F)(F)CC1. The van der Waals surface area contributed by atoms with Crippen molar-refractivity contribution in [3.05, 3.63) is 35.6 Å². The molecule has 0 bridgehead atoms. The normalized spacial score (nSPS) is 23.6. The van der Waals surface area contributed by atoms with Crippen molar-refractivity contribution in [2.24, 2.45) is 0 Å². The number of hydrogen-bond donors (Lipinski definition) is 2. The second-order valence-electron chi connectivity index (χ2n) is 4.92. The van der Waals surface area contributed by atoms with Gasteiger partial charge in [0.15, 0.2) is 0 Å². The molecule has 1 aromatic rings. The van der Waals surface area contributed by atoms with Crippen molar-refractivity contribution < 1.29 is 23.4 Å². The van der Waals surface area contributed by atoms with E-state index < -0.39 is 36.3 Å². The number of aliphatic hydroxyl groups excluding tert-OH is 1. The van der Waals surface area contributed by atoms with E-state index in [2.05, 4.69) is 0 Å². The third kappa shape index (κ3) is 2.67. The lowest BCUT2D eigenvalue weighted by Crippen LogP contribution is -2.43. The third-order valence-electron chi connectivity index (χ3n) is 3.52. The van der Waals surface area contributed by atoms with Crippen LogP contribution in [0.3, 0.4) is 0 Å². The molecule has 1 aliphatic carbocycles. The van der Waals surface area contributed by atoms with Crippen LogP contribution in [0.25, 0.3) is 0 Å². The molecule has 0 heterocycles. The molecule has 1 aliphatic rings. The Hall–Kier alpha value is -1.07. The van der Waals surface area contributed by atoms with Gasteiger partial charge in [-0.15, -0.1) is 0 Å². The largest absolute Gasteiger partial charge is 0.387 e. The first-order valence-corrected chi connectivity index (χ1v) is 5.86. The molecule has 1 fully saturated rings. The topological polar surface area (TPSA) is 40.5 Å². The molecule has 2 rings (SSSR count). The van der Waals surface area contributed by atoms with E-state index >= 15 is 0 Å². The number of halogens is 3. The molecule has 0 aliphatic heterocycles. The van der Waals surface area contributed by atoms with Crippen LogP contribution in [0.5, 0.6) is 0 Å². The van der Waals surface area contributed by atoms with E-state index in [1.165, 1.54) is 18.2 Å². The van der Waals surface area contributed by atoms with Crippen molar-refractivity contribution in [2.45, 2.75) is 43.3 Å². The van der Waals surface area contributed by atoms with Gasteiger partial charge in [-0.25, -0.2) is 13.2 Å². The molecule has 0 amide bonds. The molecule has 100 valence electrons. The summed E-state index contributed by atoms with van der Waals surface area (Å²) in [6.07, 6.45) is -2.66. The molecule has 1 saturated carbocycles. The molecule has 1 aromatic carbocycles. The van der Waals surface area contributed by atoms with E-state index in [9.17, 15) is 23.4 Å². The van der Waals surface area contributed by atoms with Crippen molar-refractivity contribution in [1.82, 2.24) is 0 Å². The Labute approximate surface area is 103 Å². The number of aliphatic hydroxyl groups is 2. The summed E-state index contributed by atoms with van der Waals surface area (Å²) < 4.78 is 39.1. The molecular weight excluding hydrogens is 245 g/mol.